The predicted octanol–water partition coefficient (Wildman–Crippen LogP) is 2.53. The number of aryl methyl sites for hydroxylation is 1. The minimum Gasteiger partial charge on any atom is -0.492 e. The molecule has 0 bridgehead atoms. The molecule has 2 rings (SSSR count). The van der Waals surface area contributed by atoms with Gasteiger partial charge >= 0.3 is 0 Å². The highest BCUT2D eigenvalue weighted by Crippen LogP contribution is 2.13. The van der Waals surface area contributed by atoms with E-state index in [4.69, 9.17) is 10.5 Å². The molecule has 0 spiro atoms. The number of nitrogens with one attached hydrogen (secondary N) is 1. The summed E-state index contributed by atoms with van der Waals surface area (Å²) in [5.41, 5.74) is 7.03. The molecule has 0 saturated carbocycles. The van der Waals surface area contributed by atoms with Crippen LogP contribution in [0.15, 0.2) is 42.5 Å². The molecule has 0 aliphatic rings. The van der Waals surface area contributed by atoms with Crippen molar-refractivity contribution in [2.75, 3.05) is 18.9 Å². The summed E-state index contributed by atoms with van der Waals surface area (Å²) in [5, 5.41) is 2.61. The van der Waals surface area contributed by atoms with Gasteiger partial charge in [-0.3, -0.25) is 4.79 Å². The van der Waals surface area contributed by atoms with Crippen molar-refractivity contribution in [1.29, 1.82) is 0 Å². The van der Waals surface area contributed by atoms with Crippen molar-refractivity contribution in [3.8, 4) is 5.75 Å². The smallest absolute Gasteiger partial charge is 0.254 e. The first kappa shape index (κ1) is 14.8. The molecule has 2 aromatic carbocycles. The molecule has 21 heavy (non-hydrogen) atoms. The van der Waals surface area contributed by atoms with Gasteiger partial charge in [0.05, 0.1) is 12.1 Å². The molecular weight excluding hydrogens is 271 g/mol. The average Bonchev–Trinajstić information content (AvgIpc) is 2.45. The normalized spacial score (nSPS) is 10.2. The molecule has 0 aliphatic carbocycles. The molecule has 0 aromatic heterocycles. The number of amides is 1. The minimum atomic E-state index is -0.521. The summed E-state index contributed by atoms with van der Waals surface area (Å²) in [6.45, 7) is 2.35. The molecule has 0 saturated heterocycles. The maximum atomic E-state index is 13.6. The van der Waals surface area contributed by atoms with Crippen LogP contribution in [0.5, 0.6) is 5.75 Å². The van der Waals surface area contributed by atoms with E-state index in [1.807, 2.05) is 0 Å². The highest BCUT2D eigenvalue weighted by molar-refractivity contribution is 5.94. The zero-order valence-electron chi connectivity index (χ0n) is 11.7. The Kier molecular flexibility index (Phi) is 4.77. The van der Waals surface area contributed by atoms with Gasteiger partial charge in [-0.25, -0.2) is 4.39 Å². The summed E-state index contributed by atoms with van der Waals surface area (Å²) in [7, 11) is 0. The fourth-order valence-corrected chi connectivity index (χ4v) is 1.80. The molecular formula is C16H17FN2O2. The highest BCUT2D eigenvalue weighted by Gasteiger charge is 2.10. The van der Waals surface area contributed by atoms with Crippen molar-refractivity contribution in [3.05, 3.63) is 59.4 Å². The summed E-state index contributed by atoms with van der Waals surface area (Å²) in [5.74, 6) is -0.305. The number of benzene rings is 2. The Morgan fingerprint density at radius 2 is 1.95 bits per heavy atom. The largest absolute Gasteiger partial charge is 0.492 e. The predicted molar refractivity (Wildman–Crippen MR) is 79.8 cm³/mol. The molecule has 0 aliphatic heterocycles. The SMILES string of the molecule is Cc1ccc(C(=O)NCCOc2ccc(N)cc2)c(F)c1. The molecule has 0 radical (unpaired) electrons. The number of rotatable bonds is 5. The first-order chi connectivity index (χ1) is 10.1. The monoisotopic (exact) mass is 288 g/mol. The van der Waals surface area contributed by atoms with Crippen LogP contribution in [0.1, 0.15) is 15.9 Å². The van der Waals surface area contributed by atoms with Gasteiger partial charge in [0.15, 0.2) is 0 Å². The van der Waals surface area contributed by atoms with E-state index >= 15 is 0 Å². The molecule has 0 atom stereocenters. The first-order valence-corrected chi connectivity index (χ1v) is 6.59. The maximum absolute atomic E-state index is 13.6. The zero-order valence-corrected chi connectivity index (χ0v) is 11.7. The van der Waals surface area contributed by atoms with Gasteiger partial charge in [-0.15, -0.1) is 0 Å². The van der Waals surface area contributed by atoms with E-state index in [1.165, 1.54) is 12.1 Å². The van der Waals surface area contributed by atoms with Crippen molar-refractivity contribution in [2.24, 2.45) is 0 Å². The quantitative estimate of drug-likeness (QED) is 0.656. The Bertz CT molecular complexity index is 627. The average molecular weight is 288 g/mol. The number of ether oxygens (including phenoxy) is 1. The van der Waals surface area contributed by atoms with E-state index < -0.39 is 11.7 Å². The van der Waals surface area contributed by atoms with Gasteiger partial charge in [-0.1, -0.05) is 6.07 Å². The summed E-state index contributed by atoms with van der Waals surface area (Å²) >= 11 is 0. The molecule has 5 heteroatoms. The van der Waals surface area contributed by atoms with Gasteiger partial charge in [0.2, 0.25) is 0 Å². The Morgan fingerprint density at radius 1 is 1.24 bits per heavy atom. The second kappa shape index (κ2) is 6.74. The van der Waals surface area contributed by atoms with Crippen LogP contribution in [-0.4, -0.2) is 19.1 Å². The maximum Gasteiger partial charge on any atom is 0.254 e. The zero-order chi connectivity index (χ0) is 15.2. The van der Waals surface area contributed by atoms with E-state index in [-0.39, 0.29) is 12.1 Å². The number of halogens is 1. The Hall–Kier alpha value is -2.56. The van der Waals surface area contributed by atoms with Gasteiger partial charge < -0.3 is 15.8 Å². The van der Waals surface area contributed by atoms with Gasteiger partial charge in [0, 0.05) is 5.69 Å². The second-order valence-electron chi connectivity index (χ2n) is 4.66. The van der Waals surface area contributed by atoms with Gasteiger partial charge in [0.1, 0.15) is 18.2 Å². The standard InChI is InChI=1S/C16H17FN2O2/c1-11-2-7-14(15(17)10-11)16(20)19-8-9-21-13-5-3-12(18)4-6-13/h2-7,10H,8-9,18H2,1H3,(H,19,20). The van der Waals surface area contributed by atoms with Crippen LogP contribution in [0, 0.1) is 12.7 Å². The van der Waals surface area contributed by atoms with Gasteiger partial charge in [-0.2, -0.15) is 0 Å². The summed E-state index contributed by atoms with van der Waals surface area (Å²) in [4.78, 5) is 11.8. The topological polar surface area (TPSA) is 64.3 Å². The third-order valence-corrected chi connectivity index (χ3v) is 2.91. The van der Waals surface area contributed by atoms with Crippen LogP contribution in [0.2, 0.25) is 0 Å². The molecule has 2 aromatic rings. The van der Waals surface area contributed by atoms with Crippen molar-refractivity contribution in [3.63, 3.8) is 0 Å². The number of anilines is 1. The molecule has 0 unspecified atom stereocenters. The third-order valence-electron chi connectivity index (χ3n) is 2.91. The van der Waals surface area contributed by atoms with Crippen LogP contribution >= 0.6 is 0 Å². The van der Waals surface area contributed by atoms with Gasteiger partial charge in [0.25, 0.3) is 5.91 Å². The van der Waals surface area contributed by atoms with E-state index in [2.05, 4.69) is 5.32 Å². The molecule has 1 amide bonds. The van der Waals surface area contributed by atoms with Gasteiger partial charge in [-0.05, 0) is 48.9 Å². The number of nitrogens with two attached hydrogens (primary N) is 1. The lowest BCUT2D eigenvalue weighted by Gasteiger charge is -2.08. The lowest BCUT2D eigenvalue weighted by Crippen LogP contribution is -2.28. The Morgan fingerprint density at radius 3 is 2.62 bits per heavy atom. The molecule has 110 valence electrons. The summed E-state index contributed by atoms with van der Waals surface area (Å²) < 4.78 is 19.0. The van der Waals surface area contributed by atoms with E-state index in [0.717, 1.165) is 5.56 Å². The Labute approximate surface area is 122 Å². The second-order valence-corrected chi connectivity index (χ2v) is 4.66. The summed E-state index contributed by atoms with van der Waals surface area (Å²) in [6.07, 6.45) is 0. The van der Waals surface area contributed by atoms with Crippen molar-refractivity contribution >= 4 is 11.6 Å². The highest BCUT2D eigenvalue weighted by atomic mass is 19.1. The number of hydrogen-bond acceptors (Lipinski definition) is 3. The van der Waals surface area contributed by atoms with Crippen LogP contribution in [0.4, 0.5) is 10.1 Å². The number of carbonyl (C=O) groups excluding carboxylic acids is 1. The van der Waals surface area contributed by atoms with Crippen molar-refractivity contribution in [2.45, 2.75) is 6.92 Å². The lowest BCUT2D eigenvalue weighted by atomic mass is 10.1. The molecule has 4 nitrogen and oxygen atoms in total. The van der Waals surface area contributed by atoms with Crippen LogP contribution in [0.25, 0.3) is 0 Å². The number of hydrogen-bond donors (Lipinski definition) is 2. The fourth-order valence-electron chi connectivity index (χ4n) is 1.80. The van der Waals surface area contributed by atoms with Crippen LogP contribution < -0.4 is 15.8 Å². The number of nitrogen functional groups attached to an aromatic ring is 1. The lowest BCUT2D eigenvalue weighted by molar-refractivity contribution is 0.0943. The summed E-state index contributed by atoms with van der Waals surface area (Å²) in [6, 6.07) is 11.5. The Balaban J connectivity index is 1.80. The minimum absolute atomic E-state index is 0.0353. The molecule has 3 N–H and O–H groups in total. The van der Waals surface area contributed by atoms with Crippen LogP contribution in [0.3, 0.4) is 0 Å². The van der Waals surface area contributed by atoms with E-state index in [1.54, 1.807) is 37.3 Å². The van der Waals surface area contributed by atoms with Crippen molar-refractivity contribution in [1.82, 2.24) is 5.32 Å². The fraction of sp³-hybridized carbons (Fsp3) is 0.188. The molecule has 0 fully saturated rings. The third kappa shape index (κ3) is 4.21. The van der Waals surface area contributed by atoms with E-state index in [9.17, 15) is 9.18 Å². The molecule has 0 heterocycles. The van der Waals surface area contributed by atoms with E-state index in [0.29, 0.717) is 18.0 Å². The number of carbonyl (C=O) groups is 1. The van der Waals surface area contributed by atoms with Crippen LogP contribution in [-0.2, 0) is 0 Å². The first-order valence-electron chi connectivity index (χ1n) is 6.59. The van der Waals surface area contributed by atoms with Crippen molar-refractivity contribution < 1.29 is 13.9 Å².